The molecule has 2 atom stereocenters. The number of halogens is 2. The third-order valence-corrected chi connectivity index (χ3v) is 4.32. The summed E-state index contributed by atoms with van der Waals surface area (Å²) in [5.74, 6) is -0.680. The molecule has 1 aromatic rings. The molecule has 110 valence electrons. The fraction of sp³-hybridized carbons (Fsp3) is 0.538. The third-order valence-electron chi connectivity index (χ3n) is 4.03. The molecule has 0 bridgehead atoms. The van der Waals surface area contributed by atoms with Gasteiger partial charge in [-0.2, -0.15) is 0 Å². The van der Waals surface area contributed by atoms with E-state index in [9.17, 15) is 14.5 Å². The largest absolute Gasteiger partial charge is 0.381 e. The van der Waals surface area contributed by atoms with Crippen LogP contribution in [0.25, 0.3) is 0 Å². The Morgan fingerprint density at radius 1 is 1.55 bits per heavy atom. The van der Waals surface area contributed by atoms with E-state index < -0.39 is 10.7 Å². The molecule has 2 rings (SSSR count). The molecular weight excluding hydrogens is 287 g/mol. The van der Waals surface area contributed by atoms with E-state index in [2.05, 4.69) is 5.32 Å². The van der Waals surface area contributed by atoms with Crippen LogP contribution in [0.4, 0.5) is 15.8 Å². The first-order chi connectivity index (χ1) is 9.27. The van der Waals surface area contributed by atoms with E-state index in [0.29, 0.717) is 6.42 Å². The van der Waals surface area contributed by atoms with Gasteiger partial charge in [-0.15, -0.1) is 0 Å². The van der Waals surface area contributed by atoms with Gasteiger partial charge in [-0.3, -0.25) is 10.1 Å². The number of nitro benzene ring substituents is 1. The Morgan fingerprint density at radius 2 is 2.20 bits per heavy atom. The van der Waals surface area contributed by atoms with Crippen molar-refractivity contribution in [1.29, 1.82) is 0 Å². The lowest BCUT2D eigenvalue weighted by Gasteiger charge is -2.51. The van der Waals surface area contributed by atoms with Crippen LogP contribution in [-0.4, -0.2) is 24.2 Å². The molecule has 0 heterocycles. The lowest BCUT2D eigenvalue weighted by molar-refractivity contribution is -0.384. The fourth-order valence-corrected chi connectivity index (χ4v) is 2.68. The number of benzene rings is 1. The Morgan fingerprint density at radius 3 is 2.70 bits per heavy atom. The van der Waals surface area contributed by atoms with Crippen molar-refractivity contribution in [1.82, 2.24) is 0 Å². The standard InChI is InChI=1S/C13H16ClFN2O3/c1-13(2)11(6-12(13)20-3)16-9-5-8(15)7(14)4-10(9)17(18)19/h4-5,11-12,16H,6H2,1-3H3. The van der Waals surface area contributed by atoms with Gasteiger partial charge in [0.25, 0.3) is 5.69 Å². The molecule has 0 saturated heterocycles. The van der Waals surface area contributed by atoms with Gasteiger partial charge in [0.1, 0.15) is 11.5 Å². The van der Waals surface area contributed by atoms with Gasteiger partial charge in [0, 0.05) is 30.7 Å². The summed E-state index contributed by atoms with van der Waals surface area (Å²) in [5, 5.41) is 13.8. The molecule has 0 spiro atoms. The zero-order valence-corrected chi connectivity index (χ0v) is 12.2. The van der Waals surface area contributed by atoms with Gasteiger partial charge in [-0.05, 0) is 6.42 Å². The molecular formula is C13H16ClFN2O3. The first-order valence-electron chi connectivity index (χ1n) is 6.20. The molecule has 1 fully saturated rings. The van der Waals surface area contributed by atoms with Crippen LogP contribution in [-0.2, 0) is 4.74 Å². The summed E-state index contributed by atoms with van der Waals surface area (Å²) in [5.41, 5.74) is -0.267. The highest BCUT2D eigenvalue weighted by Crippen LogP contribution is 2.45. The second kappa shape index (κ2) is 5.18. The number of methoxy groups -OCH3 is 1. The number of hydrogen-bond donors (Lipinski definition) is 1. The van der Waals surface area contributed by atoms with Crippen molar-refractivity contribution in [3.8, 4) is 0 Å². The molecule has 1 N–H and O–H groups in total. The predicted octanol–water partition coefficient (Wildman–Crippen LogP) is 3.61. The zero-order valence-electron chi connectivity index (χ0n) is 11.4. The maximum absolute atomic E-state index is 13.5. The van der Waals surface area contributed by atoms with Crippen molar-refractivity contribution in [2.75, 3.05) is 12.4 Å². The molecule has 1 aromatic carbocycles. The van der Waals surface area contributed by atoms with Gasteiger partial charge in [-0.1, -0.05) is 25.4 Å². The van der Waals surface area contributed by atoms with Crippen molar-refractivity contribution >= 4 is 23.0 Å². The Bertz CT molecular complexity index is 551. The van der Waals surface area contributed by atoms with Gasteiger partial charge in [-0.25, -0.2) is 4.39 Å². The Kier molecular flexibility index (Phi) is 3.88. The number of nitrogens with zero attached hydrogens (tertiary/aromatic N) is 1. The molecule has 20 heavy (non-hydrogen) atoms. The average molecular weight is 303 g/mol. The van der Waals surface area contributed by atoms with Crippen LogP contribution in [0.5, 0.6) is 0 Å². The first-order valence-corrected chi connectivity index (χ1v) is 6.58. The van der Waals surface area contributed by atoms with Gasteiger partial charge in [0.2, 0.25) is 0 Å². The molecule has 1 aliphatic carbocycles. The highest BCUT2D eigenvalue weighted by Gasteiger charge is 2.49. The fourth-order valence-electron chi connectivity index (χ4n) is 2.52. The lowest BCUT2D eigenvalue weighted by atomic mass is 9.64. The van der Waals surface area contributed by atoms with Crippen molar-refractivity contribution < 1.29 is 14.1 Å². The van der Waals surface area contributed by atoms with Gasteiger partial charge in [0.05, 0.1) is 16.0 Å². The second-order valence-electron chi connectivity index (χ2n) is 5.52. The topological polar surface area (TPSA) is 64.4 Å². The first kappa shape index (κ1) is 15.0. The summed E-state index contributed by atoms with van der Waals surface area (Å²) >= 11 is 5.59. The summed E-state index contributed by atoms with van der Waals surface area (Å²) in [7, 11) is 1.63. The minimum absolute atomic E-state index is 0.0216. The monoisotopic (exact) mass is 302 g/mol. The van der Waals surface area contributed by atoms with Gasteiger partial charge < -0.3 is 10.1 Å². The number of hydrogen-bond acceptors (Lipinski definition) is 4. The van der Waals surface area contributed by atoms with E-state index in [4.69, 9.17) is 16.3 Å². The maximum atomic E-state index is 13.5. The molecule has 5 nitrogen and oxygen atoms in total. The molecule has 1 aliphatic rings. The minimum Gasteiger partial charge on any atom is -0.381 e. The van der Waals surface area contributed by atoms with Crippen LogP contribution < -0.4 is 5.32 Å². The maximum Gasteiger partial charge on any atom is 0.294 e. The van der Waals surface area contributed by atoms with Crippen LogP contribution in [0.2, 0.25) is 5.02 Å². The van der Waals surface area contributed by atoms with Crippen molar-refractivity contribution in [2.24, 2.45) is 5.41 Å². The molecule has 0 aromatic heterocycles. The summed E-state index contributed by atoms with van der Waals surface area (Å²) in [4.78, 5) is 10.4. The number of anilines is 1. The SMILES string of the molecule is COC1CC(Nc2cc(F)c(Cl)cc2[N+](=O)[O-])C1(C)C. The normalized spacial score (nSPS) is 24.1. The third kappa shape index (κ3) is 2.45. The Balaban J connectivity index is 2.26. The molecule has 0 radical (unpaired) electrons. The van der Waals surface area contributed by atoms with E-state index in [1.54, 1.807) is 7.11 Å². The van der Waals surface area contributed by atoms with E-state index in [1.165, 1.54) is 0 Å². The highest BCUT2D eigenvalue weighted by molar-refractivity contribution is 6.31. The second-order valence-corrected chi connectivity index (χ2v) is 5.93. The van der Waals surface area contributed by atoms with Crippen LogP contribution in [0, 0.1) is 21.3 Å². The highest BCUT2D eigenvalue weighted by atomic mass is 35.5. The quantitative estimate of drug-likeness (QED) is 0.681. The average Bonchev–Trinajstić information content (AvgIpc) is 2.37. The number of rotatable bonds is 4. The lowest BCUT2D eigenvalue weighted by Crippen LogP contribution is -2.57. The molecule has 0 amide bonds. The molecule has 0 aliphatic heterocycles. The smallest absolute Gasteiger partial charge is 0.294 e. The molecule has 2 unspecified atom stereocenters. The summed E-state index contributed by atoms with van der Waals surface area (Å²) in [6.07, 6.45) is 0.793. The number of nitro groups is 1. The van der Waals surface area contributed by atoms with Crippen molar-refractivity contribution in [3.05, 3.63) is 33.1 Å². The van der Waals surface area contributed by atoms with E-state index in [-0.39, 0.29) is 34.0 Å². The summed E-state index contributed by atoms with van der Waals surface area (Å²) in [6, 6.07) is 2.07. The number of nitrogens with one attached hydrogen (secondary N) is 1. The van der Waals surface area contributed by atoms with Crippen molar-refractivity contribution in [2.45, 2.75) is 32.4 Å². The van der Waals surface area contributed by atoms with Gasteiger partial charge >= 0.3 is 0 Å². The Labute approximate surface area is 121 Å². The van der Waals surface area contributed by atoms with Crippen LogP contribution >= 0.6 is 11.6 Å². The van der Waals surface area contributed by atoms with Crippen LogP contribution in [0.3, 0.4) is 0 Å². The summed E-state index contributed by atoms with van der Waals surface area (Å²) in [6.45, 7) is 4.00. The predicted molar refractivity (Wildman–Crippen MR) is 74.7 cm³/mol. The minimum atomic E-state index is -0.680. The van der Waals surface area contributed by atoms with E-state index in [0.717, 1.165) is 12.1 Å². The van der Waals surface area contributed by atoms with E-state index >= 15 is 0 Å². The van der Waals surface area contributed by atoms with Crippen LogP contribution in [0.1, 0.15) is 20.3 Å². The van der Waals surface area contributed by atoms with E-state index in [1.807, 2.05) is 13.8 Å². The molecule has 1 saturated carbocycles. The zero-order chi connectivity index (χ0) is 15.1. The van der Waals surface area contributed by atoms with Crippen LogP contribution in [0.15, 0.2) is 12.1 Å². The number of ether oxygens (including phenoxy) is 1. The van der Waals surface area contributed by atoms with Gasteiger partial charge in [0.15, 0.2) is 0 Å². The van der Waals surface area contributed by atoms with Crippen molar-refractivity contribution in [3.63, 3.8) is 0 Å². The molecule has 7 heteroatoms. The summed E-state index contributed by atoms with van der Waals surface area (Å²) < 4.78 is 18.8. The Hall–Kier alpha value is -1.40.